The number of hydrogen-bond donors (Lipinski definition) is 0. The summed E-state index contributed by atoms with van der Waals surface area (Å²) >= 11 is 0. The van der Waals surface area contributed by atoms with Crippen molar-refractivity contribution >= 4 is 0 Å². The van der Waals surface area contributed by atoms with E-state index in [-0.39, 0.29) is 12.1 Å². The molecule has 0 fully saturated rings. The first kappa shape index (κ1) is 31.8. The van der Waals surface area contributed by atoms with Crippen molar-refractivity contribution in [3.63, 3.8) is 0 Å². The van der Waals surface area contributed by atoms with E-state index in [1.165, 1.54) is 4.74 Å². The van der Waals surface area contributed by atoms with Crippen molar-refractivity contribution in [3.05, 3.63) is 35.9 Å². The third kappa shape index (κ3) is 4.99. The molecular formula is C15H4F19O2. The molecule has 36 heavy (non-hydrogen) atoms. The number of ether oxygens (including phenoxy) is 2. The molecule has 0 saturated heterocycles. The lowest BCUT2D eigenvalue weighted by Gasteiger charge is -2.42. The molecule has 0 heterocycles. The van der Waals surface area contributed by atoms with E-state index in [1.807, 2.05) is 0 Å². The molecule has 0 aliphatic rings. The second kappa shape index (κ2) is 8.69. The summed E-state index contributed by atoms with van der Waals surface area (Å²) < 4.78 is 253. The van der Waals surface area contributed by atoms with Crippen molar-refractivity contribution in [1.29, 1.82) is 0 Å². The fourth-order valence-electron chi connectivity index (χ4n) is 2.00. The molecule has 0 N–H and O–H groups in total. The quantitative estimate of drug-likeness (QED) is 0.299. The van der Waals surface area contributed by atoms with Crippen LogP contribution in [0.2, 0.25) is 0 Å². The van der Waals surface area contributed by atoms with E-state index in [9.17, 15) is 83.4 Å². The standard InChI is InChI=1S/C15H4F19O2/c16-7(17,6-4-2-1-3-5-6)9(20,12(25,26)27)35-15(33,34)10(21,13(28,29)30)36-14(31,32)8(18,19)11(22,23)24/h1-2,4-5H. The van der Waals surface area contributed by atoms with E-state index >= 15 is 0 Å². The number of alkyl halides is 19. The van der Waals surface area contributed by atoms with E-state index < -0.39 is 59.9 Å². The Labute approximate surface area is 184 Å². The fraction of sp³-hybridized carbons (Fsp3) is 0.600. The Bertz CT molecular complexity index is 902. The average Bonchev–Trinajstić information content (AvgIpc) is 2.64. The lowest BCUT2D eigenvalue weighted by molar-refractivity contribution is -0.562. The second-order valence-corrected chi connectivity index (χ2v) is 6.36. The minimum Gasteiger partial charge on any atom is -0.264 e. The highest BCUT2D eigenvalue weighted by molar-refractivity contribution is 5.23. The molecule has 2 atom stereocenters. The van der Waals surface area contributed by atoms with Gasteiger partial charge in [0.05, 0.1) is 0 Å². The third-order valence-electron chi connectivity index (χ3n) is 3.84. The van der Waals surface area contributed by atoms with Crippen LogP contribution in [-0.2, 0) is 15.4 Å². The van der Waals surface area contributed by atoms with Gasteiger partial charge in [0, 0.05) is 5.56 Å². The van der Waals surface area contributed by atoms with Crippen LogP contribution in [0, 0.1) is 6.07 Å². The second-order valence-electron chi connectivity index (χ2n) is 6.36. The van der Waals surface area contributed by atoms with Gasteiger partial charge in [0.25, 0.3) is 0 Å². The molecule has 21 heteroatoms. The molecule has 2 nitrogen and oxygen atoms in total. The molecule has 1 aromatic rings. The van der Waals surface area contributed by atoms with Gasteiger partial charge in [-0.2, -0.15) is 83.4 Å². The van der Waals surface area contributed by atoms with Gasteiger partial charge in [0.2, 0.25) is 0 Å². The molecule has 1 radical (unpaired) electrons. The Hall–Kier alpha value is -2.19. The largest absolute Gasteiger partial charge is 0.462 e. The molecule has 209 valence electrons. The Kier molecular flexibility index (Phi) is 7.69. The summed E-state index contributed by atoms with van der Waals surface area (Å²) in [5, 5.41) is 0. The van der Waals surface area contributed by atoms with Crippen molar-refractivity contribution in [1.82, 2.24) is 0 Å². The summed E-state index contributed by atoms with van der Waals surface area (Å²) in [6, 6.07) is 2.01. The van der Waals surface area contributed by atoms with Gasteiger partial charge < -0.3 is 0 Å². The SMILES string of the molecule is FC(F)(F)C(F)(F)C(F)(F)OC(F)(C(F)(F)F)C(F)(F)OC(F)(C(F)(F)F)C(F)(F)c1c[c]ccc1. The summed E-state index contributed by atoms with van der Waals surface area (Å²) in [7, 11) is 0. The van der Waals surface area contributed by atoms with Crippen LogP contribution in [0.5, 0.6) is 0 Å². The van der Waals surface area contributed by atoms with Crippen molar-refractivity contribution in [2.75, 3.05) is 0 Å². The van der Waals surface area contributed by atoms with Crippen molar-refractivity contribution in [2.24, 2.45) is 0 Å². The summed E-state index contributed by atoms with van der Waals surface area (Å²) in [5.41, 5.74) is -2.35. The van der Waals surface area contributed by atoms with Gasteiger partial charge in [-0.05, 0) is 12.1 Å². The van der Waals surface area contributed by atoms with Gasteiger partial charge in [-0.15, -0.1) is 0 Å². The molecule has 0 bridgehead atoms. The minimum absolute atomic E-state index is 0.195. The summed E-state index contributed by atoms with van der Waals surface area (Å²) in [6.07, 6.45) is -39.5. The molecular weight excluding hydrogens is 573 g/mol. The Balaban J connectivity index is 3.78. The lowest BCUT2D eigenvalue weighted by Crippen LogP contribution is -2.69. The smallest absolute Gasteiger partial charge is 0.264 e. The normalized spacial score (nSPS) is 18.5. The highest BCUT2D eigenvalue weighted by Crippen LogP contribution is 2.59. The van der Waals surface area contributed by atoms with Crippen LogP contribution in [0.1, 0.15) is 5.56 Å². The van der Waals surface area contributed by atoms with Crippen LogP contribution < -0.4 is 0 Å². The fourth-order valence-corrected chi connectivity index (χ4v) is 2.00. The maximum atomic E-state index is 14.3. The zero-order chi connectivity index (χ0) is 29.0. The summed E-state index contributed by atoms with van der Waals surface area (Å²) in [5.74, 6) is -30.3. The Morgan fingerprint density at radius 3 is 1.28 bits per heavy atom. The van der Waals surface area contributed by atoms with Gasteiger partial charge in [0.15, 0.2) is 0 Å². The van der Waals surface area contributed by atoms with E-state index in [1.54, 1.807) is 10.8 Å². The monoisotopic (exact) mass is 577 g/mol. The molecule has 1 rings (SSSR count). The third-order valence-corrected chi connectivity index (χ3v) is 3.84. The Morgan fingerprint density at radius 2 is 0.944 bits per heavy atom. The van der Waals surface area contributed by atoms with Crippen LogP contribution in [0.25, 0.3) is 0 Å². The molecule has 0 aromatic heterocycles. The minimum atomic E-state index is -8.24. The molecule has 2 unspecified atom stereocenters. The maximum Gasteiger partial charge on any atom is 0.462 e. The topological polar surface area (TPSA) is 18.5 Å². The van der Waals surface area contributed by atoms with E-state index in [0.29, 0.717) is 12.1 Å². The predicted octanol–water partition coefficient (Wildman–Crippen LogP) is 7.45. The van der Waals surface area contributed by atoms with Crippen LogP contribution in [0.15, 0.2) is 24.3 Å². The number of halogens is 19. The summed E-state index contributed by atoms with van der Waals surface area (Å²) in [4.78, 5) is 0. The van der Waals surface area contributed by atoms with Crippen LogP contribution >= 0.6 is 0 Å². The molecule has 0 aliphatic heterocycles. The van der Waals surface area contributed by atoms with Gasteiger partial charge >= 0.3 is 54.3 Å². The van der Waals surface area contributed by atoms with Crippen LogP contribution in [-0.4, -0.2) is 48.4 Å². The number of hydrogen-bond acceptors (Lipinski definition) is 2. The van der Waals surface area contributed by atoms with Crippen LogP contribution in [0.4, 0.5) is 83.4 Å². The Morgan fingerprint density at radius 1 is 0.528 bits per heavy atom. The van der Waals surface area contributed by atoms with Crippen molar-refractivity contribution in [2.45, 2.75) is 54.3 Å². The first-order valence-corrected chi connectivity index (χ1v) is 7.98. The van der Waals surface area contributed by atoms with E-state index in [0.717, 1.165) is 0 Å². The van der Waals surface area contributed by atoms with Crippen LogP contribution in [0.3, 0.4) is 0 Å². The molecule has 0 aliphatic carbocycles. The first-order chi connectivity index (χ1) is 15.5. The number of benzene rings is 1. The number of rotatable bonds is 8. The summed E-state index contributed by atoms with van der Waals surface area (Å²) in [6.45, 7) is 0. The average molecular weight is 577 g/mol. The van der Waals surface area contributed by atoms with Crippen molar-refractivity contribution < 1.29 is 92.9 Å². The predicted molar refractivity (Wildman–Crippen MR) is 72.0 cm³/mol. The molecule has 1 aromatic carbocycles. The first-order valence-electron chi connectivity index (χ1n) is 7.98. The van der Waals surface area contributed by atoms with Gasteiger partial charge in [-0.1, -0.05) is 18.2 Å². The van der Waals surface area contributed by atoms with Gasteiger partial charge in [0.1, 0.15) is 0 Å². The van der Waals surface area contributed by atoms with Crippen molar-refractivity contribution in [3.8, 4) is 0 Å². The molecule has 0 saturated carbocycles. The highest BCUT2D eigenvalue weighted by atomic mass is 19.4. The maximum absolute atomic E-state index is 14.3. The lowest BCUT2D eigenvalue weighted by atomic mass is 10.00. The highest BCUT2D eigenvalue weighted by Gasteiger charge is 2.87. The molecule has 0 spiro atoms. The van der Waals surface area contributed by atoms with E-state index in [2.05, 4.69) is 0 Å². The zero-order valence-corrected chi connectivity index (χ0v) is 15.8. The zero-order valence-electron chi connectivity index (χ0n) is 15.8. The van der Waals surface area contributed by atoms with E-state index in [4.69, 9.17) is 0 Å². The van der Waals surface area contributed by atoms with Gasteiger partial charge in [-0.3, -0.25) is 9.47 Å². The molecule has 0 amide bonds. The van der Waals surface area contributed by atoms with Gasteiger partial charge in [-0.25, -0.2) is 0 Å².